The number of nitrogen functional groups attached to an aromatic ring is 1. The highest BCUT2D eigenvalue weighted by Gasteiger charge is 2.34. The van der Waals surface area contributed by atoms with E-state index in [0.717, 1.165) is 29.3 Å². The van der Waals surface area contributed by atoms with Crippen molar-refractivity contribution < 1.29 is 0 Å². The second-order valence-corrected chi connectivity index (χ2v) is 6.40. The van der Waals surface area contributed by atoms with Gasteiger partial charge in [0.2, 0.25) is 0 Å². The highest BCUT2D eigenvalue weighted by atomic mass is 79.9. The van der Waals surface area contributed by atoms with Crippen molar-refractivity contribution in [3.63, 3.8) is 0 Å². The molecule has 18 heavy (non-hydrogen) atoms. The van der Waals surface area contributed by atoms with Gasteiger partial charge >= 0.3 is 0 Å². The zero-order valence-electron chi connectivity index (χ0n) is 10.8. The van der Waals surface area contributed by atoms with E-state index < -0.39 is 0 Å². The monoisotopic (exact) mass is 309 g/mol. The fraction of sp³-hybridized carbons (Fsp3) is 0.571. The fourth-order valence-corrected chi connectivity index (χ4v) is 3.72. The summed E-state index contributed by atoms with van der Waals surface area (Å²) in [7, 11) is 2.27. The van der Waals surface area contributed by atoms with Crippen LogP contribution in [0.15, 0.2) is 22.7 Å². The molecule has 2 atom stereocenters. The predicted octanol–water partition coefficient (Wildman–Crippen LogP) is 2.70. The summed E-state index contributed by atoms with van der Waals surface area (Å²) < 4.78 is 1.05. The van der Waals surface area contributed by atoms with Crippen molar-refractivity contribution in [2.75, 3.05) is 30.8 Å². The molecular formula is C14H20BrN3. The minimum Gasteiger partial charge on any atom is -0.397 e. The Bertz CT molecular complexity index is 449. The van der Waals surface area contributed by atoms with Gasteiger partial charge in [-0.2, -0.15) is 0 Å². The average Bonchev–Trinajstić information content (AvgIpc) is 2.55. The number of benzene rings is 1. The number of nitrogens with two attached hydrogens (primary N) is 1. The van der Waals surface area contributed by atoms with E-state index in [9.17, 15) is 0 Å². The molecule has 1 aromatic carbocycles. The van der Waals surface area contributed by atoms with Crippen molar-refractivity contribution in [3.05, 3.63) is 22.7 Å². The van der Waals surface area contributed by atoms with Gasteiger partial charge < -0.3 is 10.6 Å². The molecule has 98 valence electrons. The lowest BCUT2D eigenvalue weighted by Crippen LogP contribution is -2.36. The summed E-state index contributed by atoms with van der Waals surface area (Å²) in [4.78, 5) is 5.02. The van der Waals surface area contributed by atoms with Crippen molar-refractivity contribution in [2.24, 2.45) is 0 Å². The predicted molar refractivity (Wildman–Crippen MR) is 80.0 cm³/mol. The Morgan fingerprint density at radius 2 is 2.00 bits per heavy atom. The Balaban J connectivity index is 1.84. The number of hydrogen-bond donors (Lipinski definition) is 1. The van der Waals surface area contributed by atoms with Crippen molar-refractivity contribution >= 4 is 27.3 Å². The van der Waals surface area contributed by atoms with Crippen LogP contribution in [0.3, 0.4) is 0 Å². The maximum Gasteiger partial charge on any atom is 0.0601 e. The minimum absolute atomic E-state index is 0.695. The van der Waals surface area contributed by atoms with Crippen LogP contribution in [0, 0.1) is 0 Å². The molecule has 2 bridgehead atoms. The van der Waals surface area contributed by atoms with Gasteiger partial charge in [0.05, 0.1) is 11.4 Å². The second-order valence-electron chi connectivity index (χ2n) is 5.49. The number of anilines is 2. The Morgan fingerprint density at radius 3 is 2.78 bits per heavy atom. The first-order valence-electron chi connectivity index (χ1n) is 6.67. The third-order valence-electron chi connectivity index (χ3n) is 4.48. The van der Waals surface area contributed by atoms with Crippen LogP contribution in [0.2, 0.25) is 0 Å². The molecule has 0 radical (unpaired) electrons. The molecule has 4 heteroatoms. The van der Waals surface area contributed by atoms with E-state index in [2.05, 4.69) is 44.9 Å². The van der Waals surface area contributed by atoms with Crippen LogP contribution in [0.1, 0.15) is 19.3 Å². The van der Waals surface area contributed by atoms with E-state index in [0.29, 0.717) is 6.04 Å². The zero-order chi connectivity index (χ0) is 12.7. The largest absolute Gasteiger partial charge is 0.397 e. The van der Waals surface area contributed by atoms with Crippen molar-refractivity contribution in [1.29, 1.82) is 0 Å². The summed E-state index contributed by atoms with van der Waals surface area (Å²) >= 11 is 3.47. The zero-order valence-corrected chi connectivity index (χ0v) is 12.4. The lowest BCUT2D eigenvalue weighted by molar-refractivity contribution is 0.254. The molecule has 2 unspecified atom stereocenters. The summed E-state index contributed by atoms with van der Waals surface area (Å²) in [5, 5.41) is 0. The summed E-state index contributed by atoms with van der Waals surface area (Å²) in [6.07, 6.45) is 3.95. The molecular weight excluding hydrogens is 290 g/mol. The van der Waals surface area contributed by atoms with Crippen molar-refractivity contribution in [1.82, 2.24) is 4.90 Å². The van der Waals surface area contributed by atoms with Gasteiger partial charge in [-0.25, -0.2) is 0 Å². The second kappa shape index (κ2) is 4.74. The fourth-order valence-electron chi connectivity index (χ4n) is 3.34. The van der Waals surface area contributed by atoms with Crippen molar-refractivity contribution in [3.8, 4) is 0 Å². The highest BCUT2D eigenvalue weighted by molar-refractivity contribution is 9.10. The summed E-state index contributed by atoms with van der Waals surface area (Å²) in [6.45, 7) is 2.23. The van der Waals surface area contributed by atoms with Crippen LogP contribution in [-0.4, -0.2) is 37.1 Å². The molecule has 3 nitrogen and oxygen atoms in total. The molecule has 2 aliphatic heterocycles. The van der Waals surface area contributed by atoms with Gasteiger partial charge in [-0.3, -0.25) is 4.90 Å². The molecule has 0 aliphatic carbocycles. The van der Waals surface area contributed by atoms with E-state index in [-0.39, 0.29) is 0 Å². The molecule has 2 fully saturated rings. The molecule has 2 saturated heterocycles. The van der Waals surface area contributed by atoms with Gasteiger partial charge in [-0.1, -0.05) is 15.9 Å². The standard InChI is InChI=1S/C14H20BrN3/c1-17-11-3-4-12(17)9-18(7-6-11)14-5-2-10(15)8-13(14)16/h2,5,8,11-12H,3-4,6-7,9,16H2,1H3. The Hall–Kier alpha value is -0.740. The van der Waals surface area contributed by atoms with Gasteiger partial charge in [0.15, 0.2) is 0 Å². The molecule has 2 heterocycles. The molecule has 2 N–H and O–H groups in total. The Morgan fingerprint density at radius 1 is 1.22 bits per heavy atom. The van der Waals surface area contributed by atoms with Crippen LogP contribution in [0.4, 0.5) is 11.4 Å². The van der Waals surface area contributed by atoms with Crippen LogP contribution < -0.4 is 10.6 Å². The lowest BCUT2D eigenvalue weighted by atomic mass is 10.1. The van der Waals surface area contributed by atoms with Crippen LogP contribution >= 0.6 is 15.9 Å². The van der Waals surface area contributed by atoms with Crippen molar-refractivity contribution in [2.45, 2.75) is 31.3 Å². The first kappa shape index (κ1) is 12.3. The number of halogens is 1. The quantitative estimate of drug-likeness (QED) is 0.810. The summed E-state index contributed by atoms with van der Waals surface area (Å²) in [5.41, 5.74) is 8.22. The molecule has 0 spiro atoms. The maximum atomic E-state index is 6.15. The minimum atomic E-state index is 0.695. The number of rotatable bonds is 1. The Labute approximate surface area is 117 Å². The number of likely N-dealkylation sites (N-methyl/N-ethyl adjacent to an activating group) is 1. The topological polar surface area (TPSA) is 32.5 Å². The molecule has 0 aromatic heterocycles. The van der Waals surface area contributed by atoms with Crippen LogP contribution in [0.5, 0.6) is 0 Å². The Kier molecular flexibility index (Phi) is 3.24. The third kappa shape index (κ3) is 2.12. The molecule has 3 rings (SSSR count). The highest BCUT2D eigenvalue weighted by Crippen LogP contribution is 2.33. The van der Waals surface area contributed by atoms with E-state index in [1.807, 2.05) is 6.07 Å². The number of fused-ring (bicyclic) bond motifs is 2. The first-order chi connectivity index (χ1) is 8.65. The number of nitrogens with zero attached hydrogens (tertiary/aromatic N) is 2. The first-order valence-corrected chi connectivity index (χ1v) is 7.46. The molecule has 0 saturated carbocycles. The summed E-state index contributed by atoms with van der Waals surface area (Å²) in [5.74, 6) is 0. The maximum absolute atomic E-state index is 6.15. The van der Waals surface area contributed by atoms with Crippen LogP contribution in [-0.2, 0) is 0 Å². The van der Waals surface area contributed by atoms with Gasteiger partial charge in [-0.15, -0.1) is 0 Å². The van der Waals surface area contributed by atoms with E-state index in [1.165, 1.54) is 24.9 Å². The van der Waals surface area contributed by atoms with E-state index >= 15 is 0 Å². The molecule has 1 aromatic rings. The van der Waals surface area contributed by atoms with Gasteiger partial charge in [-0.05, 0) is 44.5 Å². The molecule has 2 aliphatic rings. The lowest BCUT2D eigenvalue weighted by Gasteiger charge is -2.28. The smallest absolute Gasteiger partial charge is 0.0601 e. The van der Waals surface area contributed by atoms with Gasteiger partial charge in [0, 0.05) is 29.6 Å². The van der Waals surface area contributed by atoms with E-state index in [1.54, 1.807) is 0 Å². The third-order valence-corrected chi connectivity index (χ3v) is 4.97. The normalized spacial score (nSPS) is 28.4. The van der Waals surface area contributed by atoms with E-state index in [4.69, 9.17) is 5.73 Å². The van der Waals surface area contributed by atoms with Gasteiger partial charge in [0.25, 0.3) is 0 Å². The van der Waals surface area contributed by atoms with Gasteiger partial charge in [0.1, 0.15) is 0 Å². The SMILES string of the molecule is CN1C2CCC1CN(c1ccc(Br)cc1N)CC2. The van der Waals surface area contributed by atoms with Crippen LogP contribution in [0.25, 0.3) is 0 Å². The summed E-state index contributed by atoms with van der Waals surface area (Å²) in [6, 6.07) is 7.69. The number of hydrogen-bond acceptors (Lipinski definition) is 3. The molecule has 0 amide bonds. The average molecular weight is 310 g/mol.